The highest BCUT2D eigenvalue weighted by Gasteiger charge is 2.17. The molecule has 6 nitrogen and oxygen atoms in total. The highest BCUT2D eigenvalue weighted by molar-refractivity contribution is 7.91. The highest BCUT2D eigenvalue weighted by Crippen LogP contribution is 2.24. The summed E-state index contributed by atoms with van der Waals surface area (Å²) in [4.78, 5) is 13.7. The van der Waals surface area contributed by atoms with Crippen LogP contribution in [0.3, 0.4) is 0 Å². The van der Waals surface area contributed by atoms with Crippen molar-refractivity contribution in [3.05, 3.63) is 45.8 Å². The molecular weight excluding hydrogens is 360 g/mol. The van der Waals surface area contributed by atoms with E-state index in [-0.39, 0.29) is 10.8 Å². The minimum atomic E-state index is -3.83. The number of rotatable bonds is 6. The van der Waals surface area contributed by atoms with Crippen LogP contribution in [0.2, 0.25) is 4.34 Å². The monoisotopic (exact) mass is 374 g/mol. The molecule has 0 unspecified atom stereocenters. The average Bonchev–Trinajstić information content (AvgIpc) is 2.94. The Kier molecular flexibility index (Phi) is 5.64. The molecule has 1 aromatic heterocycles. The molecule has 9 heteroatoms. The van der Waals surface area contributed by atoms with Gasteiger partial charge in [0, 0.05) is 0 Å². The lowest BCUT2D eigenvalue weighted by atomic mass is 10.1. The molecule has 0 saturated carbocycles. The molecule has 23 heavy (non-hydrogen) atoms. The normalized spacial score (nSPS) is 11.3. The van der Waals surface area contributed by atoms with E-state index in [0.717, 1.165) is 22.5 Å². The van der Waals surface area contributed by atoms with E-state index >= 15 is 0 Å². The highest BCUT2D eigenvalue weighted by atomic mass is 35.5. The standard InChI is InChI=1S/C14H15ClN2O4S2/c1-9-3-4-11(7-10(9)2)21-8-13(18)16-17-23(19,20)14-6-5-12(15)22-14/h3-7,17H,8H2,1-2H3,(H,16,18). The van der Waals surface area contributed by atoms with Gasteiger partial charge in [-0.25, -0.2) is 8.42 Å². The number of amides is 1. The predicted molar refractivity (Wildman–Crippen MR) is 89.2 cm³/mol. The number of thiophene rings is 1. The van der Waals surface area contributed by atoms with Gasteiger partial charge in [0.25, 0.3) is 15.9 Å². The molecule has 0 bridgehead atoms. The maximum atomic E-state index is 11.9. The Morgan fingerprint density at radius 2 is 1.96 bits per heavy atom. The summed E-state index contributed by atoms with van der Waals surface area (Å²) in [5, 5.41) is 0. The quantitative estimate of drug-likeness (QED) is 0.760. The van der Waals surface area contributed by atoms with Crippen LogP contribution in [-0.4, -0.2) is 20.9 Å². The molecule has 0 radical (unpaired) electrons. The molecule has 0 spiro atoms. The number of hydrogen-bond donors (Lipinski definition) is 2. The van der Waals surface area contributed by atoms with E-state index in [1.165, 1.54) is 12.1 Å². The summed E-state index contributed by atoms with van der Waals surface area (Å²) >= 11 is 6.58. The Hall–Kier alpha value is -1.61. The number of hydrazine groups is 1. The molecule has 0 saturated heterocycles. The topological polar surface area (TPSA) is 84.5 Å². The van der Waals surface area contributed by atoms with Crippen molar-refractivity contribution in [3.8, 4) is 5.75 Å². The van der Waals surface area contributed by atoms with Gasteiger partial charge in [-0.2, -0.15) is 0 Å². The van der Waals surface area contributed by atoms with Crippen LogP contribution < -0.4 is 15.0 Å². The molecule has 124 valence electrons. The first-order valence-electron chi connectivity index (χ1n) is 6.54. The van der Waals surface area contributed by atoms with Gasteiger partial charge in [0.2, 0.25) is 0 Å². The summed E-state index contributed by atoms with van der Waals surface area (Å²) in [5.74, 6) is -0.0781. The van der Waals surface area contributed by atoms with E-state index in [2.05, 4.69) is 5.43 Å². The van der Waals surface area contributed by atoms with Gasteiger partial charge in [-0.15, -0.1) is 16.2 Å². The lowest BCUT2D eigenvalue weighted by Gasteiger charge is -2.09. The Morgan fingerprint density at radius 1 is 1.22 bits per heavy atom. The second kappa shape index (κ2) is 7.31. The van der Waals surface area contributed by atoms with Gasteiger partial charge >= 0.3 is 0 Å². The Morgan fingerprint density at radius 3 is 2.57 bits per heavy atom. The van der Waals surface area contributed by atoms with Crippen LogP contribution in [0.15, 0.2) is 34.5 Å². The molecule has 2 aromatic rings. The van der Waals surface area contributed by atoms with Crippen LogP contribution in [0.1, 0.15) is 11.1 Å². The van der Waals surface area contributed by atoms with Crippen LogP contribution in [0.25, 0.3) is 0 Å². The molecular formula is C14H15ClN2O4S2. The van der Waals surface area contributed by atoms with Gasteiger partial charge in [-0.1, -0.05) is 17.7 Å². The minimum absolute atomic E-state index is 0.0119. The molecule has 0 atom stereocenters. The van der Waals surface area contributed by atoms with Crippen molar-refractivity contribution in [2.75, 3.05) is 6.61 Å². The largest absolute Gasteiger partial charge is 0.484 e. The second-order valence-corrected chi connectivity index (χ2v) is 8.37. The Labute approximate surface area is 143 Å². The third kappa shape index (κ3) is 4.93. The average molecular weight is 375 g/mol. The first kappa shape index (κ1) is 17.7. The number of ether oxygens (including phenoxy) is 1. The van der Waals surface area contributed by atoms with Crippen LogP contribution in [-0.2, 0) is 14.8 Å². The number of hydrogen-bond acceptors (Lipinski definition) is 5. The fourth-order valence-corrected chi connectivity index (χ4v) is 3.95. The number of halogens is 1. The number of benzene rings is 1. The fraction of sp³-hybridized carbons (Fsp3) is 0.214. The first-order valence-corrected chi connectivity index (χ1v) is 9.22. The van der Waals surface area contributed by atoms with Crippen molar-refractivity contribution in [2.45, 2.75) is 18.1 Å². The fourth-order valence-electron chi connectivity index (χ4n) is 1.61. The minimum Gasteiger partial charge on any atom is -0.484 e. The molecule has 1 aromatic carbocycles. The molecule has 2 N–H and O–H groups in total. The summed E-state index contributed by atoms with van der Waals surface area (Å²) in [5.41, 5.74) is 4.24. The molecule has 0 aliphatic rings. The van der Waals surface area contributed by atoms with Crippen LogP contribution in [0.5, 0.6) is 5.75 Å². The van der Waals surface area contributed by atoms with Crippen LogP contribution >= 0.6 is 22.9 Å². The maximum absolute atomic E-state index is 11.9. The maximum Gasteiger partial charge on any atom is 0.272 e. The zero-order chi connectivity index (χ0) is 17.0. The molecule has 1 heterocycles. The van der Waals surface area contributed by atoms with Crippen molar-refractivity contribution in [1.82, 2.24) is 10.3 Å². The smallest absolute Gasteiger partial charge is 0.272 e. The zero-order valence-electron chi connectivity index (χ0n) is 12.4. The van der Waals surface area contributed by atoms with Crippen molar-refractivity contribution in [1.29, 1.82) is 0 Å². The van der Waals surface area contributed by atoms with Gasteiger partial charge in [-0.3, -0.25) is 10.2 Å². The number of aryl methyl sites for hydroxylation is 2. The van der Waals surface area contributed by atoms with E-state index in [0.29, 0.717) is 10.1 Å². The molecule has 0 aliphatic carbocycles. The predicted octanol–water partition coefficient (Wildman–Crippen LogP) is 2.41. The van der Waals surface area contributed by atoms with E-state index < -0.39 is 15.9 Å². The van der Waals surface area contributed by atoms with Crippen molar-refractivity contribution in [3.63, 3.8) is 0 Å². The van der Waals surface area contributed by atoms with Gasteiger partial charge in [0.1, 0.15) is 9.96 Å². The number of carbonyl (C=O) groups is 1. The zero-order valence-corrected chi connectivity index (χ0v) is 14.8. The number of nitrogens with one attached hydrogen (secondary N) is 2. The van der Waals surface area contributed by atoms with Crippen molar-refractivity contribution < 1.29 is 17.9 Å². The molecule has 0 fully saturated rings. The summed E-state index contributed by atoms with van der Waals surface area (Å²) in [6, 6.07) is 8.25. The molecule has 0 aliphatic heterocycles. The number of carbonyl (C=O) groups excluding carboxylic acids is 1. The number of sulfonamides is 1. The van der Waals surface area contributed by atoms with Crippen LogP contribution in [0.4, 0.5) is 0 Å². The summed E-state index contributed by atoms with van der Waals surface area (Å²) in [6.45, 7) is 3.59. The van der Waals surface area contributed by atoms with Crippen molar-refractivity contribution >= 4 is 38.9 Å². The third-order valence-corrected chi connectivity index (χ3v) is 5.96. The summed E-state index contributed by atoms with van der Waals surface area (Å²) in [6.07, 6.45) is 0. The van der Waals surface area contributed by atoms with Crippen molar-refractivity contribution in [2.24, 2.45) is 0 Å². The second-order valence-electron chi connectivity index (χ2n) is 4.75. The van der Waals surface area contributed by atoms with E-state index in [1.54, 1.807) is 12.1 Å². The lowest BCUT2D eigenvalue weighted by Crippen LogP contribution is -2.43. The van der Waals surface area contributed by atoms with Gasteiger partial charge in [0.05, 0.1) is 4.34 Å². The first-order chi connectivity index (χ1) is 10.8. The summed E-state index contributed by atoms with van der Waals surface area (Å²) < 4.78 is 29.5. The van der Waals surface area contributed by atoms with E-state index in [9.17, 15) is 13.2 Å². The van der Waals surface area contributed by atoms with Gasteiger partial charge < -0.3 is 4.74 Å². The molecule has 1 amide bonds. The SMILES string of the molecule is Cc1ccc(OCC(=O)NNS(=O)(=O)c2ccc(Cl)s2)cc1C. The van der Waals surface area contributed by atoms with Gasteiger partial charge in [0.15, 0.2) is 6.61 Å². The third-order valence-electron chi connectivity index (χ3n) is 2.99. The molecule has 2 rings (SSSR count). The summed E-state index contributed by atoms with van der Waals surface area (Å²) in [7, 11) is -3.83. The van der Waals surface area contributed by atoms with E-state index in [4.69, 9.17) is 16.3 Å². The lowest BCUT2D eigenvalue weighted by molar-refractivity contribution is -0.123. The van der Waals surface area contributed by atoms with Gasteiger partial charge in [-0.05, 0) is 49.2 Å². The van der Waals surface area contributed by atoms with Crippen LogP contribution in [0, 0.1) is 13.8 Å². The Bertz CT molecular complexity index is 818. The Balaban J connectivity index is 1.86. The van der Waals surface area contributed by atoms with E-state index in [1.807, 2.05) is 24.7 Å².